The maximum Gasteiger partial charge on any atom is 0.0427 e. The van der Waals surface area contributed by atoms with E-state index in [1.54, 1.807) is 0 Å². The number of nitrogens with two attached hydrogens (primary N) is 1. The Bertz CT molecular complexity index is 255. The van der Waals surface area contributed by atoms with Gasteiger partial charge in [-0.3, -0.25) is 4.90 Å². The lowest BCUT2D eigenvalue weighted by molar-refractivity contribution is 0.0602. The highest BCUT2D eigenvalue weighted by Crippen LogP contribution is 2.42. The Balaban J connectivity index is 2.83. The van der Waals surface area contributed by atoms with Gasteiger partial charge in [-0.25, -0.2) is 0 Å². The van der Waals surface area contributed by atoms with E-state index in [9.17, 15) is 0 Å². The van der Waals surface area contributed by atoms with Crippen molar-refractivity contribution in [2.45, 2.75) is 53.0 Å². The van der Waals surface area contributed by atoms with E-state index in [1.807, 2.05) is 0 Å². The molecule has 2 atom stereocenters. The van der Waals surface area contributed by atoms with Gasteiger partial charge in [-0.15, -0.1) is 0 Å². The predicted octanol–water partition coefficient (Wildman–Crippen LogP) is 3.22. The molecule has 0 aromatic carbocycles. The molecule has 0 aliphatic carbocycles. The fourth-order valence-corrected chi connectivity index (χ4v) is 4.68. The Morgan fingerprint density at radius 2 is 1.94 bits per heavy atom. The van der Waals surface area contributed by atoms with E-state index in [2.05, 4.69) is 51.3 Å². The van der Waals surface area contributed by atoms with Gasteiger partial charge in [-0.2, -0.15) is 11.8 Å². The Hall–Kier alpha value is 0.270. The van der Waals surface area contributed by atoms with Crippen molar-refractivity contribution < 1.29 is 0 Å². The second kappa shape index (κ2) is 6.62. The van der Waals surface area contributed by atoms with E-state index in [-0.39, 0.29) is 5.54 Å². The van der Waals surface area contributed by atoms with Gasteiger partial charge in [0.15, 0.2) is 0 Å². The molecule has 2 nitrogen and oxygen atoms in total. The summed E-state index contributed by atoms with van der Waals surface area (Å²) >= 11 is 2.09. The third kappa shape index (κ3) is 3.88. The smallest absolute Gasteiger partial charge is 0.0427 e. The van der Waals surface area contributed by atoms with Crippen LogP contribution in [-0.2, 0) is 0 Å². The van der Waals surface area contributed by atoms with Crippen LogP contribution in [0.15, 0.2) is 0 Å². The first-order chi connectivity index (χ1) is 8.39. The zero-order valence-electron chi connectivity index (χ0n) is 13.0. The van der Waals surface area contributed by atoms with Crippen molar-refractivity contribution in [2.75, 3.05) is 31.1 Å². The van der Waals surface area contributed by atoms with Gasteiger partial charge in [-0.1, -0.05) is 41.0 Å². The van der Waals surface area contributed by atoms with Crippen LogP contribution in [0, 0.1) is 11.3 Å². The van der Waals surface area contributed by atoms with Crippen molar-refractivity contribution in [3.63, 3.8) is 0 Å². The first kappa shape index (κ1) is 16.3. The molecular weight excluding hydrogens is 240 g/mol. The molecule has 18 heavy (non-hydrogen) atoms. The van der Waals surface area contributed by atoms with Crippen LogP contribution < -0.4 is 5.73 Å². The van der Waals surface area contributed by atoms with Crippen LogP contribution in [0.5, 0.6) is 0 Å². The zero-order valence-corrected chi connectivity index (χ0v) is 13.8. The lowest BCUT2D eigenvalue weighted by Gasteiger charge is -2.51. The Morgan fingerprint density at radius 3 is 2.39 bits per heavy atom. The molecule has 0 aromatic heterocycles. The van der Waals surface area contributed by atoms with Gasteiger partial charge >= 0.3 is 0 Å². The average Bonchev–Trinajstić information content (AvgIpc) is 2.34. The van der Waals surface area contributed by atoms with Crippen molar-refractivity contribution in [1.82, 2.24) is 4.90 Å². The minimum atomic E-state index is 0.227. The van der Waals surface area contributed by atoms with Gasteiger partial charge in [0.25, 0.3) is 0 Å². The molecule has 1 aliphatic rings. The van der Waals surface area contributed by atoms with Crippen LogP contribution >= 0.6 is 11.8 Å². The van der Waals surface area contributed by atoms with Gasteiger partial charge in [0.1, 0.15) is 0 Å². The quantitative estimate of drug-likeness (QED) is 0.805. The molecule has 0 spiro atoms. The summed E-state index contributed by atoms with van der Waals surface area (Å²) in [7, 11) is 0. The number of likely N-dealkylation sites (N-methyl/N-ethyl adjacent to an activating group) is 1. The minimum absolute atomic E-state index is 0.227. The van der Waals surface area contributed by atoms with Crippen molar-refractivity contribution in [3.8, 4) is 0 Å². The zero-order chi connectivity index (χ0) is 13.8. The van der Waals surface area contributed by atoms with Gasteiger partial charge in [0.2, 0.25) is 0 Å². The van der Waals surface area contributed by atoms with Crippen LogP contribution in [0.3, 0.4) is 0 Å². The highest BCUT2D eigenvalue weighted by Gasteiger charge is 2.43. The molecule has 0 bridgehead atoms. The highest BCUT2D eigenvalue weighted by atomic mass is 32.2. The van der Waals surface area contributed by atoms with Crippen molar-refractivity contribution >= 4 is 11.8 Å². The monoisotopic (exact) mass is 272 g/mol. The van der Waals surface area contributed by atoms with E-state index in [0.29, 0.717) is 5.41 Å². The summed E-state index contributed by atoms with van der Waals surface area (Å²) in [5, 5.41) is 0. The summed E-state index contributed by atoms with van der Waals surface area (Å²) < 4.78 is 0. The molecule has 2 N–H and O–H groups in total. The molecule has 2 unspecified atom stereocenters. The summed E-state index contributed by atoms with van der Waals surface area (Å²) in [6.07, 6.45) is 2.50. The number of thioether (sulfide) groups is 1. The second-order valence-corrected chi connectivity index (χ2v) is 7.80. The van der Waals surface area contributed by atoms with E-state index in [1.165, 1.54) is 30.9 Å². The van der Waals surface area contributed by atoms with Crippen LogP contribution in [-0.4, -0.2) is 41.6 Å². The fraction of sp³-hybridized carbons (Fsp3) is 1.00. The number of nitrogens with zero attached hydrogens (tertiary/aromatic N) is 1. The van der Waals surface area contributed by atoms with Gasteiger partial charge in [0, 0.05) is 24.4 Å². The second-order valence-electron chi connectivity index (χ2n) is 6.81. The molecular formula is C15H32N2S. The minimum Gasteiger partial charge on any atom is -0.329 e. The lowest BCUT2D eigenvalue weighted by atomic mass is 9.78. The highest BCUT2D eigenvalue weighted by molar-refractivity contribution is 7.99. The topological polar surface area (TPSA) is 29.3 Å². The van der Waals surface area contributed by atoms with E-state index in [4.69, 9.17) is 5.73 Å². The summed E-state index contributed by atoms with van der Waals surface area (Å²) in [5.74, 6) is 3.25. The van der Waals surface area contributed by atoms with E-state index in [0.717, 1.165) is 19.0 Å². The first-order valence-corrected chi connectivity index (χ1v) is 8.57. The van der Waals surface area contributed by atoms with Crippen LogP contribution in [0.1, 0.15) is 47.5 Å². The molecule has 108 valence electrons. The lowest BCUT2D eigenvalue weighted by Crippen LogP contribution is -2.60. The molecule has 1 heterocycles. The van der Waals surface area contributed by atoms with E-state index < -0.39 is 0 Å². The number of hydrogen-bond donors (Lipinski definition) is 1. The molecule has 0 radical (unpaired) electrons. The molecule has 1 saturated heterocycles. The molecule has 0 aromatic rings. The largest absolute Gasteiger partial charge is 0.329 e. The predicted molar refractivity (Wildman–Crippen MR) is 84.2 cm³/mol. The maximum absolute atomic E-state index is 6.20. The maximum atomic E-state index is 6.20. The Morgan fingerprint density at radius 1 is 1.28 bits per heavy atom. The van der Waals surface area contributed by atoms with Crippen molar-refractivity contribution in [2.24, 2.45) is 17.1 Å². The third-order valence-corrected chi connectivity index (χ3v) is 6.06. The van der Waals surface area contributed by atoms with Crippen LogP contribution in [0.25, 0.3) is 0 Å². The van der Waals surface area contributed by atoms with Crippen molar-refractivity contribution in [1.29, 1.82) is 0 Å². The Kier molecular flexibility index (Phi) is 6.01. The van der Waals surface area contributed by atoms with Crippen molar-refractivity contribution in [3.05, 3.63) is 0 Å². The number of hydrogen-bond acceptors (Lipinski definition) is 3. The standard InChI is InChI=1S/C15H32N2S/c1-6-13(3)8-17(7-2)15(10-16)9-14(4,5)11-18-12-15/h13H,6-12,16H2,1-5H3. The summed E-state index contributed by atoms with van der Waals surface area (Å²) in [4.78, 5) is 2.66. The van der Waals surface area contributed by atoms with Crippen LogP contribution in [0.2, 0.25) is 0 Å². The average molecular weight is 273 g/mol. The Labute approximate surface area is 118 Å². The molecule has 0 saturated carbocycles. The van der Waals surface area contributed by atoms with E-state index >= 15 is 0 Å². The third-order valence-electron chi connectivity index (χ3n) is 4.33. The number of rotatable bonds is 6. The SMILES string of the molecule is CCC(C)CN(CC)C1(CN)CSCC(C)(C)C1. The fourth-order valence-electron chi connectivity index (χ4n) is 3.14. The summed E-state index contributed by atoms with van der Waals surface area (Å²) in [5.41, 5.74) is 6.85. The van der Waals surface area contributed by atoms with Gasteiger partial charge < -0.3 is 5.73 Å². The summed E-state index contributed by atoms with van der Waals surface area (Å²) in [6.45, 7) is 14.8. The molecule has 0 amide bonds. The normalized spacial score (nSPS) is 29.5. The first-order valence-electron chi connectivity index (χ1n) is 7.42. The summed E-state index contributed by atoms with van der Waals surface area (Å²) in [6, 6.07) is 0. The molecule has 3 heteroatoms. The van der Waals surface area contributed by atoms with Crippen LogP contribution in [0.4, 0.5) is 0 Å². The van der Waals surface area contributed by atoms with Gasteiger partial charge in [-0.05, 0) is 30.1 Å². The molecule has 1 rings (SSSR count). The van der Waals surface area contributed by atoms with Gasteiger partial charge in [0.05, 0.1) is 0 Å². The molecule has 1 fully saturated rings. The molecule has 1 aliphatic heterocycles.